The van der Waals surface area contributed by atoms with Crippen molar-refractivity contribution >= 4 is 32.8 Å². The van der Waals surface area contributed by atoms with E-state index in [-0.39, 0.29) is 23.8 Å². The average Bonchev–Trinajstić information content (AvgIpc) is 3.13. The molecule has 0 radical (unpaired) electrons. The Labute approximate surface area is 183 Å². The lowest BCUT2D eigenvalue weighted by molar-refractivity contribution is 0.0269. The van der Waals surface area contributed by atoms with Gasteiger partial charge in [-0.15, -0.1) is 0 Å². The van der Waals surface area contributed by atoms with Gasteiger partial charge in [-0.2, -0.15) is 0 Å². The fourth-order valence-electron chi connectivity index (χ4n) is 3.97. The maximum Gasteiger partial charge on any atom is 0.289 e. The molecule has 0 saturated carbocycles. The minimum absolute atomic E-state index is 0.0311. The molecule has 30 heavy (non-hydrogen) atoms. The normalized spacial score (nSPS) is 20.0. The first-order chi connectivity index (χ1) is 14.4. The van der Waals surface area contributed by atoms with Crippen LogP contribution in [0.1, 0.15) is 30.0 Å². The second-order valence-corrected chi connectivity index (χ2v) is 8.70. The zero-order valence-corrected chi connectivity index (χ0v) is 18.8. The Morgan fingerprint density at radius 3 is 2.60 bits per heavy atom. The Bertz CT molecular complexity index is 1070. The summed E-state index contributed by atoms with van der Waals surface area (Å²) in [5, 5.41) is 0.849. The molecule has 0 N–H and O–H groups in total. The van der Waals surface area contributed by atoms with Crippen molar-refractivity contribution in [2.75, 3.05) is 20.2 Å². The van der Waals surface area contributed by atoms with Crippen LogP contribution in [0.5, 0.6) is 5.75 Å². The summed E-state index contributed by atoms with van der Waals surface area (Å²) in [6.07, 6.45) is 0. The smallest absolute Gasteiger partial charge is 0.289 e. The van der Waals surface area contributed by atoms with Crippen LogP contribution in [0.2, 0.25) is 0 Å². The Hall–Kier alpha value is -2.38. The van der Waals surface area contributed by atoms with E-state index in [0.717, 1.165) is 28.5 Å². The Morgan fingerprint density at radius 2 is 1.90 bits per heavy atom. The number of hydrogen-bond donors (Lipinski definition) is 0. The maximum atomic E-state index is 13.2. The van der Waals surface area contributed by atoms with Crippen molar-refractivity contribution in [3.63, 3.8) is 0 Å². The van der Waals surface area contributed by atoms with Crippen molar-refractivity contribution in [3.8, 4) is 5.75 Å². The highest BCUT2D eigenvalue weighted by atomic mass is 79.9. The number of ether oxygens (including phenoxy) is 1. The molecule has 2 heterocycles. The first kappa shape index (κ1) is 20.9. The standard InChI is InChI=1S/C23H24BrFN2O3/c1-14-12-27(15(2)11-26(14)13-16-4-6-18(25)7-5-16)23(28)22-9-17-8-19(24)21(29-3)10-20(17)30-22/h4-10,14-15H,11-13H2,1-3H3/t14-,15+/m1/s1. The summed E-state index contributed by atoms with van der Waals surface area (Å²) in [6, 6.07) is 12.2. The molecule has 5 nitrogen and oxygen atoms in total. The molecule has 1 saturated heterocycles. The molecule has 1 amide bonds. The molecule has 4 rings (SSSR count). The largest absolute Gasteiger partial charge is 0.495 e. The predicted octanol–water partition coefficient (Wildman–Crippen LogP) is 5.08. The van der Waals surface area contributed by atoms with Crippen LogP contribution in [0.4, 0.5) is 4.39 Å². The molecule has 0 unspecified atom stereocenters. The number of halogens is 2. The minimum atomic E-state index is -0.230. The highest BCUT2D eigenvalue weighted by molar-refractivity contribution is 9.10. The van der Waals surface area contributed by atoms with E-state index < -0.39 is 0 Å². The molecule has 1 aliphatic rings. The molecule has 2 atom stereocenters. The summed E-state index contributed by atoms with van der Waals surface area (Å²) in [5.74, 6) is 0.650. The SMILES string of the molecule is COc1cc2oc(C(=O)N3C[C@@H](C)N(Cc4ccc(F)cc4)C[C@@H]3C)cc2cc1Br. The number of carbonyl (C=O) groups excluding carboxylic acids is 1. The van der Waals surface area contributed by atoms with Gasteiger partial charge in [0.2, 0.25) is 0 Å². The molecule has 1 fully saturated rings. The number of nitrogens with zero attached hydrogens (tertiary/aromatic N) is 2. The van der Waals surface area contributed by atoms with Crippen molar-refractivity contribution in [1.82, 2.24) is 9.80 Å². The average molecular weight is 475 g/mol. The van der Waals surface area contributed by atoms with E-state index in [1.54, 1.807) is 19.2 Å². The van der Waals surface area contributed by atoms with Crippen LogP contribution in [0.3, 0.4) is 0 Å². The number of fused-ring (bicyclic) bond motifs is 1. The molecule has 0 aliphatic carbocycles. The Morgan fingerprint density at radius 1 is 1.17 bits per heavy atom. The zero-order valence-electron chi connectivity index (χ0n) is 17.2. The lowest BCUT2D eigenvalue weighted by Gasteiger charge is -2.43. The summed E-state index contributed by atoms with van der Waals surface area (Å²) >= 11 is 3.47. The van der Waals surface area contributed by atoms with Crippen molar-refractivity contribution in [2.45, 2.75) is 32.5 Å². The van der Waals surface area contributed by atoms with E-state index in [4.69, 9.17) is 9.15 Å². The second-order valence-electron chi connectivity index (χ2n) is 7.85. The third kappa shape index (κ3) is 4.09. The summed E-state index contributed by atoms with van der Waals surface area (Å²) in [6.45, 7) is 6.22. The van der Waals surface area contributed by atoms with Crippen molar-refractivity contribution in [2.24, 2.45) is 0 Å². The monoisotopic (exact) mass is 474 g/mol. The lowest BCUT2D eigenvalue weighted by atomic mass is 10.1. The third-order valence-corrected chi connectivity index (χ3v) is 6.30. The fourth-order valence-corrected chi connectivity index (χ4v) is 4.49. The predicted molar refractivity (Wildman–Crippen MR) is 117 cm³/mol. The quantitative estimate of drug-likeness (QED) is 0.528. The van der Waals surface area contributed by atoms with Gasteiger partial charge in [0.15, 0.2) is 5.76 Å². The molecule has 0 bridgehead atoms. The van der Waals surface area contributed by atoms with Gasteiger partial charge in [0.1, 0.15) is 17.1 Å². The molecule has 1 aliphatic heterocycles. The van der Waals surface area contributed by atoms with Gasteiger partial charge in [-0.1, -0.05) is 12.1 Å². The summed E-state index contributed by atoms with van der Waals surface area (Å²) in [5.41, 5.74) is 1.68. The van der Waals surface area contributed by atoms with Crippen LogP contribution in [0.15, 0.2) is 51.4 Å². The molecule has 3 aromatic rings. The van der Waals surface area contributed by atoms with Crippen molar-refractivity contribution in [3.05, 3.63) is 64.1 Å². The van der Waals surface area contributed by atoms with E-state index in [0.29, 0.717) is 23.6 Å². The first-order valence-electron chi connectivity index (χ1n) is 9.92. The van der Waals surface area contributed by atoms with E-state index >= 15 is 0 Å². The molecular weight excluding hydrogens is 451 g/mol. The van der Waals surface area contributed by atoms with Gasteiger partial charge in [-0.05, 0) is 59.6 Å². The van der Waals surface area contributed by atoms with E-state index in [2.05, 4.69) is 27.8 Å². The number of methoxy groups -OCH3 is 1. The number of rotatable bonds is 4. The zero-order chi connectivity index (χ0) is 21.4. The molecule has 0 spiro atoms. The van der Waals surface area contributed by atoms with E-state index in [1.807, 2.05) is 30.0 Å². The number of carbonyl (C=O) groups is 1. The lowest BCUT2D eigenvalue weighted by Crippen LogP contribution is -2.57. The topological polar surface area (TPSA) is 45.9 Å². The van der Waals surface area contributed by atoms with Crippen LogP contribution in [-0.2, 0) is 6.54 Å². The van der Waals surface area contributed by atoms with Gasteiger partial charge < -0.3 is 14.1 Å². The van der Waals surface area contributed by atoms with Gasteiger partial charge in [0.05, 0.1) is 11.6 Å². The Balaban J connectivity index is 1.50. The van der Waals surface area contributed by atoms with Gasteiger partial charge in [-0.3, -0.25) is 9.69 Å². The molecule has 7 heteroatoms. The second kappa shape index (κ2) is 8.40. The minimum Gasteiger partial charge on any atom is -0.495 e. The summed E-state index contributed by atoms with van der Waals surface area (Å²) < 4.78 is 25.1. The van der Waals surface area contributed by atoms with Gasteiger partial charge in [0.25, 0.3) is 5.91 Å². The maximum absolute atomic E-state index is 13.2. The van der Waals surface area contributed by atoms with Crippen LogP contribution in [0, 0.1) is 5.82 Å². The molecule has 2 aromatic carbocycles. The number of amides is 1. The van der Waals surface area contributed by atoms with E-state index in [1.165, 1.54) is 12.1 Å². The molecule has 158 valence electrons. The van der Waals surface area contributed by atoms with Crippen LogP contribution in [-0.4, -0.2) is 48.0 Å². The molecule has 1 aromatic heterocycles. The van der Waals surface area contributed by atoms with E-state index in [9.17, 15) is 9.18 Å². The highest BCUT2D eigenvalue weighted by Crippen LogP contribution is 2.32. The third-order valence-electron chi connectivity index (χ3n) is 5.68. The highest BCUT2D eigenvalue weighted by Gasteiger charge is 2.33. The van der Waals surface area contributed by atoms with Crippen LogP contribution >= 0.6 is 15.9 Å². The van der Waals surface area contributed by atoms with Gasteiger partial charge in [0, 0.05) is 43.2 Å². The Kier molecular flexibility index (Phi) is 5.84. The number of benzene rings is 2. The number of piperazine rings is 1. The molecular formula is C23H24BrFN2O3. The first-order valence-corrected chi connectivity index (χ1v) is 10.7. The van der Waals surface area contributed by atoms with Gasteiger partial charge in [-0.25, -0.2) is 4.39 Å². The van der Waals surface area contributed by atoms with Crippen LogP contribution < -0.4 is 4.74 Å². The number of hydrogen-bond acceptors (Lipinski definition) is 4. The van der Waals surface area contributed by atoms with Crippen molar-refractivity contribution < 1.29 is 18.3 Å². The van der Waals surface area contributed by atoms with Crippen molar-refractivity contribution in [1.29, 1.82) is 0 Å². The summed E-state index contributed by atoms with van der Waals surface area (Å²) in [7, 11) is 1.59. The fraction of sp³-hybridized carbons (Fsp3) is 0.348. The van der Waals surface area contributed by atoms with Crippen LogP contribution in [0.25, 0.3) is 11.0 Å². The van der Waals surface area contributed by atoms with Gasteiger partial charge >= 0.3 is 0 Å². The summed E-state index contributed by atoms with van der Waals surface area (Å²) in [4.78, 5) is 17.4. The number of furan rings is 1.